The molecule has 6 heteroatoms. The van der Waals surface area contributed by atoms with Gasteiger partial charge in [0.1, 0.15) is 0 Å². The van der Waals surface area contributed by atoms with Crippen molar-refractivity contribution in [2.75, 3.05) is 5.32 Å². The van der Waals surface area contributed by atoms with Gasteiger partial charge >= 0.3 is 0 Å². The van der Waals surface area contributed by atoms with Crippen LogP contribution in [0.4, 0.5) is 5.69 Å². The van der Waals surface area contributed by atoms with Crippen LogP contribution in [0.5, 0.6) is 0 Å². The van der Waals surface area contributed by atoms with E-state index in [1.54, 1.807) is 11.3 Å². The fraction of sp³-hybridized carbons (Fsp3) is 0.192. The van der Waals surface area contributed by atoms with Crippen LogP contribution in [0.25, 0.3) is 22.2 Å². The zero-order valence-corrected chi connectivity index (χ0v) is 19.1. The SMILES string of the molecule is CC(=O)Nc1ccc(-c2cc(C(=O)N[C@H](c3cccs3)C(C)C)c3ccccc3n2)cc1. The lowest BCUT2D eigenvalue weighted by molar-refractivity contribution is -0.114. The predicted molar refractivity (Wildman–Crippen MR) is 131 cm³/mol. The summed E-state index contributed by atoms with van der Waals surface area (Å²) in [6.07, 6.45) is 0. The van der Waals surface area contributed by atoms with Crippen molar-refractivity contribution in [1.82, 2.24) is 10.3 Å². The molecule has 0 aliphatic heterocycles. The van der Waals surface area contributed by atoms with Crippen LogP contribution >= 0.6 is 11.3 Å². The van der Waals surface area contributed by atoms with Gasteiger partial charge < -0.3 is 10.6 Å². The minimum absolute atomic E-state index is 0.0604. The Hall–Kier alpha value is -3.51. The topological polar surface area (TPSA) is 71.1 Å². The van der Waals surface area contributed by atoms with E-state index >= 15 is 0 Å². The number of hydrogen-bond acceptors (Lipinski definition) is 4. The maximum atomic E-state index is 13.4. The van der Waals surface area contributed by atoms with Crippen molar-refractivity contribution in [3.63, 3.8) is 0 Å². The van der Waals surface area contributed by atoms with Crippen LogP contribution in [0, 0.1) is 5.92 Å². The summed E-state index contributed by atoms with van der Waals surface area (Å²) in [6.45, 7) is 5.69. The van der Waals surface area contributed by atoms with Crippen LogP contribution in [0.1, 0.15) is 42.0 Å². The molecule has 0 radical (unpaired) electrons. The average Bonchev–Trinajstić information content (AvgIpc) is 3.31. The Morgan fingerprint density at radius 3 is 2.38 bits per heavy atom. The lowest BCUT2D eigenvalue weighted by atomic mass is 10.00. The van der Waals surface area contributed by atoms with Crippen LogP contribution in [0.3, 0.4) is 0 Å². The first kappa shape index (κ1) is 21.7. The number of carbonyl (C=O) groups is 2. The molecule has 0 fully saturated rings. The molecular formula is C26H25N3O2S. The van der Waals surface area contributed by atoms with Gasteiger partial charge in [-0.1, -0.05) is 50.2 Å². The van der Waals surface area contributed by atoms with Crippen molar-refractivity contribution in [1.29, 1.82) is 0 Å². The molecule has 2 amide bonds. The number of anilines is 1. The van der Waals surface area contributed by atoms with Crippen molar-refractivity contribution >= 4 is 39.7 Å². The Morgan fingerprint density at radius 2 is 1.72 bits per heavy atom. The van der Waals surface area contributed by atoms with E-state index in [1.165, 1.54) is 6.92 Å². The molecule has 2 heterocycles. The molecule has 5 nitrogen and oxygen atoms in total. The number of benzene rings is 2. The zero-order valence-electron chi connectivity index (χ0n) is 18.3. The number of rotatable bonds is 6. The first-order valence-electron chi connectivity index (χ1n) is 10.5. The van der Waals surface area contributed by atoms with Crippen LogP contribution in [-0.4, -0.2) is 16.8 Å². The minimum Gasteiger partial charge on any atom is -0.344 e. The number of aromatic nitrogens is 1. The number of fused-ring (bicyclic) bond motifs is 1. The molecule has 32 heavy (non-hydrogen) atoms. The number of pyridine rings is 1. The molecule has 0 saturated carbocycles. The first-order chi connectivity index (χ1) is 15.4. The highest BCUT2D eigenvalue weighted by Crippen LogP contribution is 2.29. The quantitative estimate of drug-likeness (QED) is 0.381. The Labute approximate surface area is 191 Å². The van der Waals surface area contributed by atoms with Gasteiger partial charge in [-0.2, -0.15) is 0 Å². The van der Waals surface area contributed by atoms with E-state index in [-0.39, 0.29) is 23.8 Å². The van der Waals surface area contributed by atoms with Crippen molar-refractivity contribution in [2.24, 2.45) is 5.92 Å². The average molecular weight is 444 g/mol. The third-order valence-corrected chi connectivity index (χ3v) is 6.22. The number of nitrogens with one attached hydrogen (secondary N) is 2. The second-order valence-corrected chi connectivity index (χ2v) is 9.02. The monoisotopic (exact) mass is 443 g/mol. The van der Waals surface area contributed by atoms with Gasteiger partial charge in [-0.15, -0.1) is 11.3 Å². The summed E-state index contributed by atoms with van der Waals surface area (Å²) in [5.74, 6) is 0.0179. The molecule has 0 aliphatic carbocycles. The van der Waals surface area contributed by atoms with E-state index in [0.717, 1.165) is 27.0 Å². The number of amides is 2. The van der Waals surface area contributed by atoms with Gasteiger partial charge in [-0.25, -0.2) is 4.98 Å². The van der Waals surface area contributed by atoms with E-state index < -0.39 is 0 Å². The molecule has 0 saturated heterocycles. The van der Waals surface area contributed by atoms with E-state index in [4.69, 9.17) is 4.98 Å². The Bertz CT molecular complexity index is 1250. The molecule has 1 atom stereocenters. The third kappa shape index (κ3) is 4.70. The maximum Gasteiger partial charge on any atom is 0.252 e. The smallest absolute Gasteiger partial charge is 0.252 e. The summed E-state index contributed by atoms with van der Waals surface area (Å²) in [4.78, 5) is 30.7. The Kier molecular flexibility index (Phi) is 6.32. The molecule has 2 aromatic carbocycles. The van der Waals surface area contributed by atoms with Gasteiger partial charge in [0, 0.05) is 28.4 Å². The highest BCUT2D eigenvalue weighted by Gasteiger charge is 2.22. The summed E-state index contributed by atoms with van der Waals surface area (Å²) in [7, 11) is 0. The van der Waals surface area contributed by atoms with E-state index in [9.17, 15) is 9.59 Å². The first-order valence-corrected chi connectivity index (χ1v) is 11.4. The summed E-state index contributed by atoms with van der Waals surface area (Å²) in [5, 5.41) is 8.84. The van der Waals surface area contributed by atoms with Crippen LogP contribution in [-0.2, 0) is 4.79 Å². The minimum atomic E-state index is -0.119. The van der Waals surface area contributed by atoms with Crippen molar-refractivity contribution in [2.45, 2.75) is 26.8 Å². The van der Waals surface area contributed by atoms with Gasteiger partial charge in [-0.3, -0.25) is 9.59 Å². The summed E-state index contributed by atoms with van der Waals surface area (Å²) in [6, 6.07) is 21.0. The van der Waals surface area contributed by atoms with Crippen molar-refractivity contribution in [3.8, 4) is 11.3 Å². The molecule has 4 aromatic rings. The van der Waals surface area contributed by atoms with E-state index in [1.807, 2.05) is 66.0 Å². The van der Waals surface area contributed by atoms with Gasteiger partial charge in [0.05, 0.1) is 22.8 Å². The number of thiophene rings is 1. The normalized spacial score (nSPS) is 12.0. The maximum absolute atomic E-state index is 13.4. The van der Waals surface area contributed by atoms with Crippen LogP contribution in [0.2, 0.25) is 0 Å². The molecule has 0 aliphatic rings. The highest BCUT2D eigenvalue weighted by atomic mass is 32.1. The molecule has 2 aromatic heterocycles. The number of carbonyl (C=O) groups excluding carboxylic acids is 2. The lowest BCUT2D eigenvalue weighted by Crippen LogP contribution is -2.31. The number of para-hydroxylation sites is 1. The molecular weight excluding hydrogens is 418 g/mol. The molecule has 0 unspecified atom stereocenters. The summed E-state index contributed by atoms with van der Waals surface area (Å²) >= 11 is 1.65. The van der Waals surface area contributed by atoms with Crippen molar-refractivity contribution in [3.05, 3.63) is 82.6 Å². The van der Waals surface area contributed by atoms with Gasteiger partial charge in [-0.05, 0) is 41.6 Å². The van der Waals surface area contributed by atoms with E-state index in [0.29, 0.717) is 11.3 Å². The largest absolute Gasteiger partial charge is 0.344 e. The van der Waals surface area contributed by atoms with E-state index in [2.05, 4.69) is 30.5 Å². The number of nitrogens with zero attached hydrogens (tertiary/aromatic N) is 1. The Morgan fingerprint density at radius 1 is 0.969 bits per heavy atom. The van der Waals surface area contributed by atoms with Gasteiger partial charge in [0.2, 0.25) is 5.91 Å². The van der Waals surface area contributed by atoms with Crippen LogP contribution < -0.4 is 10.6 Å². The van der Waals surface area contributed by atoms with Gasteiger partial charge in [0.25, 0.3) is 5.91 Å². The predicted octanol–water partition coefficient (Wildman–Crippen LogP) is 6.05. The fourth-order valence-corrected chi connectivity index (χ4v) is 4.64. The zero-order chi connectivity index (χ0) is 22.7. The molecule has 0 spiro atoms. The van der Waals surface area contributed by atoms with Crippen LogP contribution in [0.15, 0.2) is 72.1 Å². The second-order valence-electron chi connectivity index (χ2n) is 8.04. The molecule has 2 N–H and O–H groups in total. The third-order valence-electron chi connectivity index (χ3n) is 5.26. The number of hydrogen-bond donors (Lipinski definition) is 2. The fourth-order valence-electron chi connectivity index (χ4n) is 3.69. The molecule has 4 rings (SSSR count). The lowest BCUT2D eigenvalue weighted by Gasteiger charge is -2.22. The van der Waals surface area contributed by atoms with Gasteiger partial charge in [0.15, 0.2) is 0 Å². The van der Waals surface area contributed by atoms with Crippen molar-refractivity contribution < 1.29 is 9.59 Å². The Balaban J connectivity index is 1.72. The summed E-state index contributed by atoms with van der Waals surface area (Å²) < 4.78 is 0. The highest BCUT2D eigenvalue weighted by molar-refractivity contribution is 7.10. The second kappa shape index (κ2) is 9.32. The standard InChI is InChI=1S/C26H25N3O2S/c1-16(2)25(24-9-6-14-32-24)29-26(31)21-15-23(28-22-8-5-4-7-20(21)22)18-10-12-19(13-11-18)27-17(3)30/h4-16,25H,1-3H3,(H,27,30)(H,29,31)/t25-/m0/s1. The molecule has 0 bridgehead atoms. The summed E-state index contributed by atoms with van der Waals surface area (Å²) in [5.41, 5.74) is 3.66. The molecule has 162 valence electrons.